The van der Waals surface area contributed by atoms with Crippen LogP contribution in [0.25, 0.3) is 11.0 Å². The monoisotopic (exact) mass is 301 g/mol. The molecule has 3 aromatic rings. The van der Waals surface area contributed by atoms with Crippen molar-refractivity contribution in [2.75, 3.05) is 0 Å². The Morgan fingerprint density at radius 3 is 2.81 bits per heavy atom. The Labute approximate surface area is 128 Å². The van der Waals surface area contributed by atoms with E-state index in [2.05, 4.69) is 5.32 Å². The zero-order valence-electron chi connectivity index (χ0n) is 11.6. The minimum Gasteiger partial charge on any atom is -0.506 e. The van der Waals surface area contributed by atoms with Crippen molar-refractivity contribution >= 4 is 22.6 Å². The van der Waals surface area contributed by atoms with Crippen molar-refractivity contribution in [2.45, 2.75) is 19.5 Å². The molecule has 0 saturated carbocycles. The molecule has 0 saturated heterocycles. The Bertz CT molecular complexity index is 733. The van der Waals surface area contributed by atoms with Crippen molar-refractivity contribution in [3.63, 3.8) is 0 Å². The normalized spacial score (nSPS) is 12.7. The lowest BCUT2D eigenvalue weighted by molar-refractivity contribution is 0.436. The number of aromatic hydroxyl groups is 1. The Hall–Kier alpha value is -1.97. The quantitative estimate of drug-likeness (QED) is 0.737. The van der Waals surface area contributed by atoms with Gasteiger partial charge in [0.2, 0.25) is 0 Å². The second-order valence-corrected chi connectivity index (χ2v) is 5.44. The zero-order chi connectivity index (χ0) is 14.8. The molecule has 0 radical (unpaired) electrons. The average Bonchev–Trinajstić information content (AvgIpc) is 2.92. The van der Waals surface area contributed by atoms with Gasteiger partial charge in [0.05, 0.1) is 11.1 Å². The summed E-state index contributed by atoms with van der Waals surface area (Å²) in [4.78, 5) is 0. The van der Waals surface area contributed by atoms with E-state index in [1.54, 1.807) is 6.07 Å². The predicted molar refractivity (Wildman–Crippen MR) is 84.6 cm³/mol. The molecule has 0 fully saturated rings. The minimum absolute atomic E-state index is 0.0378. The van der Waals surface area contributed by atoms with Crippen LogP contribution < -0.4 is 5.32 Å². The van der Waals surface area contributed by atoms with E-state index >= 15 is 0 Å². The standard InChI is InChI=1S/C17H16ClNO2/c1-11(16-9-12-5-2-3-8-15(12)21-16)19-10-13-6-4-7-14(18)17(13)20/h2-9,11,19-20H,10H2,1H3. The van der Waals surface area contributed by atoms with Gasteiger partial charge in [-0.2, -0.15) is 0 Å². The molecule has 1 unspecified atom stereocenters. The molecular formula is C17H16ClNO2. The lowest BCUT2D eigenvalue weighted by atomic mass is 10.1. The van der Waals surface area contributed by atoms with Crippen LogP contribution in [0.15, 0.2) is 52.9 Å². The molecule has 1 atom stereocenters. The topological polar surface area (TPSA) is 45.4 Å². The molecule has 1 heterocycles. The van der Waals surface area contributed by atoms with Crippen molar-refractivity contribution in [3.8, 4) is 5.75 Å². The van der Waals surface area contributed by atoms with E-state index in [9.17, 15) is 5.11 Å². The molecule has 3 rings (SSSR count). The summed E-state index contributed by atoms with van der Waals surface area (Å²) in [5.74, 6) is 1.00. The Balaban J connectivity index is 1.74. The van der Waals surface area contributed by atoms with Crippen LogP contribution in [0.5, 0.6) is 5.75 Å². The van der Waals surface area contributed by atoms with Crippen molar-refractivity contribution in [3.05, 3.63) is 64.9 Å². The highest BCUT2D eigenvalue weighted by molar-refractivity contribution is 6.32. The summed E-state index contributed by atoms with van der Waals surface area (Å²) in [5, 5.41) is 14.7. The van der Waals surface area contributed by atoms with E-state index in [-0.39, 0.29) is 11.8 Å². The molecule has 0 aliphatic heterocycles. The second kappa shape index (κ2) is 5.80. The van der Waals surface area contributed by atoms with Gasteiger partial charge in [0.25, 0.3) is 0 Å². The number of nitrogens with one attached hydrogen (secondary N) is 1. The highest BCUT2D eigenvalue weighted by atomic mass is 35.5. The van der Waals surface area contributed by atoms with E-state index in [1.165, 1.54) is 0 Å². The van der Waals surface area contributed by atoms with Crippen molar-refractivity contribution in [1.29, 1.82) is 0 Å². The maximum Gasteiger partial charge on any atom is 0.138 e. The minimum atomic E-state index is 0.0378. The van der Waals surface area contributed by atoms with Gasteiger partial charge in [0.1, 0.15) is 17.1 Å². The fraction of sp³-hybridized carbons (Fsp3) is 0.176. The van der Waals surface area contributed by atoms with Crippen LogP contribution in [0.4, 0.5) is 0 Å². The Morgan fingerprint density at radius 1 is 1.19 bits per heavy atom. The second-order valence-electron chi connectivity index (χ2n) is 5.04. The number of phenolic OH excluding ortho intramolecular Hbond substituents is 1. The number of phenols is 1. The molecule has 4 heteroatoms. The first-order valence-corrected chi connectivity index (χ1v) is 7.21. The number of furan rings is 1. The number of benzene rings is 2. The molecule has 2 N–H and O–H groups in total. The number of hydrogen-bond acceptors (Lipinski definition) is 3. The highest BCUT2D eigenvalue weighted by Crippen LogP contribution is 2.28. The van der Waals surface area contributed by atoms with Crippen LogP contribution in [-0.2, 0) is 6.54 Å². The maximum atomic E-state index is 9.90. The number of para-hydroxylation sites is 2. The van der Waals surface area contributed by atoms with Gasteiger partial charge in [0.15, 0.2) is 0 Å². The molecule has 1 aromatic heterocycles. The van der Waals surface area contributed by atoms with Crippen LogP contribution >= 0.6 is 11.6 Å². The van der Waals surface area contributed by atoms with Crippen molar-refractivity contribution < 1.29 is 9.52 Å². The van der Waals surface area contributed by atoms with E-state index in [1.807, 2.05) is 49.4 Å². The molecule has 0 bridgehead atoms. The van der Waals surface area contributed by atoms with Crippen LogP contribution in [0.3, 0.4) is 0 Å². The third-order valence-corrected chi connectivity index (χ3v) is 3.85. The summed E-state index contributed by atoms with van der Waals surface area (Å²) in [6.45, 7) is 2.55. The molecule has 0 aliphatic rings. The summed E-state index contributed by atoms with van der Waals surface area (Å²) < 4.78 is 5.82. The summed E-state index contributed by atoms with van der Waals surface area (Å²) in [6.07, 6.45) is 0. The summed E-state index contributed by atoms with van der Waals surface area (Å²) in [6, 6.07) is 15.3. The maximum absolute atomic E-state index is 9.90. The van der Waals surface area contributed by atoms with Crippen LogP contribution in [-0.4, -0.2) is 5.11 Å². The number of fused-ring (bicyclic) bond motifs is 1. The molecule has 108 valence electrons. The lowest BCUT2D eigenvalue weighted by Gasteiger charge is -2.12. The largest absolute Gasteiger partial charge is 0.506 e. The molecule has 2 aromatic carbocycles. The highest BCUT2D eigenvalue weighted by Gasteiger charge is 2.12. The van der Waals surface area contributed by atoms with E-state index < -0.39 is 0 Å². The molecule has 21 heavy (non-hydrogen) atoms. The lowest BCUT2D eigenvalue weighted by Crippen LogP contribution is -2.17. The number of hydrogen-bond donors (Lipinski definition) is 2. The fourth-order valence-corrected chi connectivity index (χ4v) is 2.48. The first kappa shape index (κ1) is 14.0. The van der Waals surface area contributed by atoms with E-state index in [4.69, 9.17) is 16.0 Å². The first-order chi connectivity index (χ1) is 10.1. The SMILES string of the molecule is CC(NCc1cccc(Cl)c1O)c1cc2ccccc2o1. The van der Waals surface area contributed by atoms with Crippen LogP contribution in [0.2, 0.25) is 5.02 Å². The van der Waals surface area contributed by atoms with Gasteiger partial charge in [-0.05, 0) is 25.1 Å². The molecular weight excluding hydrogens is 286 g/mol. The third-order valence-electron chi connectivity index (χ3n) is 3.54. The fourth-order valence-electron chi connectivity index (χ4n) is 2.28. The van der Waals surface area contributed by atoms with Gasteiger partial charge in [0, 0.05) is 17.5 Å². The van der Waals surface area contributed by atoms with Gasteiger partial charge in [-0.25, -0.2) is 0 Å². The molecule has 0 spiro atoms. The summed E-state index contributed by atoms with van der Waals surface area (Å²) in [7, 11) is 0. The van der Waals surface area contributed by atoms with Crippen LogP contribution in [0, 0.1) is 0 Å². The van der Waals surface area contributed by atoms with Gasteiger partial charge >= 0.3 is 0 Å². The number of halogens is 1. The van der Waals surface area contributed by atoms with E-state index in [0.717, 1.165) is 22.3 Å². The van der Waals surface area contributed by atoms with Gasteiger partial charge in [-0.15, -0.1) is 0 Å². The smallest absolute Gasteiger partial charge is 0.138 e. The predicted octanol–water partition coefficient (Wildman–Crippen LogP) is 4.64. The van der Waals surface area contributed by atoms with Crippen molar-refractivity contribution in [2.24, 2.45) is 0 Å². The zero-order valence-corrected chi connectivity index (χ0v) is 12.4. The third kappa shape index (κ3) is 2.89. The van der Waals surface area contributed by atoms with Gasteiger partial charge < -0.3 is 14.8 Å². The van der Waals surface area contributed by atoms with Gasteiger partial charge in [-0.1, -0.05) is 41.9 Å². The molecule has 3 nitrogen and oxygen atoms in total. The Kier molecular flexibility index (Phi) is 3.86. The Morgan fingerprint density at radius 2 is 2.00 bits per heavy atom. The van der Waals surface area contributed by atoms with E-state index in [0.29, 0.717) is 11.6 Å². The molecule has 0 amide bonds. The summed E-state index contributed by atoms with van der Waals surface area (Å²) in [5.41, 5.74) is 1.65. The van der Waals surface area contributed by atoms with Crippen LogP contribution in [0.1, 0.15) is 24.3 Å². The average molecular weight is 302 g/mol. The van der Waals surface area contributed by atoms with Crippen molar-refractivity contribution in [1.82, 2.24) is 5.32 Å². The van der Waals surface area contributed by atoms with Gasteiger partial charge in [-0.3, -0.25) is 0 Å². The summed E-state index contributed by atoms with van der Waals surface area (Å²) >= 11 is 5.90. The number of rotatable bonds is 4. The molecule has 0 aliphatic carbocycles. The first-order valence-electron chi connectivity index (χ1n) is 6.83.